The molecule has 4 rings (SSSR count). The molecular formula is C23H24FN5O10. The van der Waals surface area contributed by atoms with E-state index in [1.54, 1.807) is 20.8 Å². The Morgan fingerprint density at radius 3 is 2.77 bits per heavy atom. The monoisotopic (exact) mass is 549 g/mol. The first kappa shape index (κ1) is 27.5. The maximum absolute atomic E-state index is 14.3. The Labute approximate surface area is 219 Å². The zero-order valence-corrected chi connectivity index (χ0v) is 21.2. The number of carbonyl (C=O) groups excluding carboxylic acids is 2. The first-order valence-electron chi connectivity index (χ1n) is 11.5. The molecule has 0 spiro atoms. The first-order chi connectivity index (χ1) is 18.3. The standard InChI is InChI=1S/C23H24FN5O10/c1-6-23(8-7-11-17(36-20(32)34-5)37-21(33)35-11)12(30)9-13(38-23)29-10-25-14-15(26-18(24)28-16(14)29)27-19(31)39-22(2,3)4/h1,10,12-13,30H,7-9H2,2-5H3,(H,26,27,28,31)/t12-,13+,23-/m0/s1. The van der Waals surface area contributed by atoms with E-state index in [9.17, 15) is 23.9 Å². The van der Waals surface area contributed by atoms with Gasteiger partial charge >= 0.3 is 30.1 Å². The van der Waals surface area contributed by atoms with Gasteiger partial charge in [0, 0.05) is 12.8 Å². The first-order valence-corrected chi connectivity index (χ1v) is 11.5. The van der Waals surface area contributed by atoms with E-state index in [-0.39, 0.29) is 42.0 Å². The van der Waals surface area contributed by atoms with Crippen LogP contribution in [0.2, 0.25) is 0 Å². The molecule has 3 aromatic rings. The molecule has 208 valence electrons. The number of nitrogens with one attached hydrogen (secondary N) is 1. The molecule has 15 nitrogen and oxygen atoms in total. The molecule has 1 saturated heterocycles. The fourth-order valence-corrected chi connectivity index (χ4v) is 3.88. The summed E-state index contributed by atoms with van der Waals surface area (Å²) < 4.78 is 45.6. The van der Waals surface area contributed by atoms with Gasteiger partial charge in [-0.3, -0.25) is 9.88 Å². The largest absolute Gasteiger partial charge is 0.521 e. The molecule has 1 amide bonds. The van der Waals surface area contributed by atoms with Crippen molar-refractivity contribution >= 4 is 29.2 Å². The number of anilines is 1. The number of aryl methyl sites for hydroxylation is 1. The Morgan fingerprint density at radius 1 is 1.36 bits per heavy atom. The van der Waals surface area contributed by atoms with Gasteiger partial charge in [0.05, 0.1) is 19.5 Å². The number of methoxy groups -OCH3 is 1. The van der Waals surface area contributed by atoms with E-state index in [1.807, 2.05) is 0 Å². The van der Waals surface area contributed by atoms with Gasteiger partial charge in [0.25, 0.3) is 0 Å². The van der Waals surface area contributed by atoms with E-state index in [1.165, 1.54) is 10.9 Å². The highest BCUT2D eigenvalue weighted by Crippen LogP contribution is 2.41. The molecule has 1 aliphatic rings. The summed E-state index contributed by atoms with van der Waals surface area (Å²) in [7, 11) is 1.06. The summed E-state index contributed by atoms with van der Waals surface area (Å²) in [5.74, 6) is 0.355. The molecule has 0 aromatic carbocycles. The highest BCUT2D eigenvalue weighted by Gasteiger charge is 2.48. The third-order valence-corrected chi connectivity index (χ3v) is 5.55. The molecule has 0 aliphatic carbocycles. The second-order valence-corrected chi connectivity index (χ2v) is 9.37. The minimum absolute atomic E-state index is 0.0309. The summed E-state index contributed by atoms with van der Waals surface area (Å²) in [5, 5.41) is 13.2. The minimum atomic E-state index is -1.61. The number of fused-ring (bicyclic) bond motifs is 1. The zero-order chi connectivity index (χ0) is 28.5. The van der Waals surface area contributed by atoms with E-state index in [2.05, 4.69) is 30.9 Å². The fourth-order valence-electron chi connectivity index (χ4n) is 3.88. The van der Waals surface area contributed by atoms with Crippen molar-refractivity contribution in [3.63, 3.8) is 0 Å². The number of aliphatic hydroxyl groups is 1. The number of imidazole rings is 1. The number of nitrogens with zero attached hydrogens (tertiary/aromatic N) is 4. The third kappa shape index (κ3) is 5.84. The zero-order valence-electron chi connectivity index (χ0n) is 21.2. The summed E-state index contributed by atoms with van der Waals surface area (Å²) in [4.78, 5) is 46.7. The van der Waals surface area contributed by atoms with Crippen molar-refractivity contribution in [3.05, 3.63) is 28.8 Å². The van der Waals surface area contributed by atoms with Crippen LogP contribution in [0.15, 0.2) is 20.0 Å². The van der Waals surface area contributed by atoms with Crippen molar-refractivity contribution in [2.75, 3.05) is 12.4 Å². The van der Waals surface area contributed by atoms with E-state index in [4.69, 9.17) is 29.5 Å². The Bertz CT molecular complexity index is 1500. The van der Waals surface area contributed by atoms with E-state index < -0.39 is 53.6 Å². The van der Waals surface area contributed by atoms with Gasteiger partial charge in [-0.25, -0.2) is 19.4 Å². The summed E-state index contributed by atoms with van der Waals surface area (Å²) in [6, 6.07) is 0. The number of terminal acetylenes is 1. The van der Waals surface area contributed by atoms with Gasteiger partial charge in [-0.1, -0.05) is 5.92 Å². The lowest BCUT2D eigenvalue weighted by atomic mass is 9.91. The van der Waals surface area contributed by atoms with Gasteiger partial charge < -0.3 is 32.9 Å². The van der Waals surface area contributed by atoms with Crippen molar-refractivity contribution in [1.29, 1.82) is 0 Å². The second-order valence-electron chi connectivity index (χ2n) is 9.37. The molecule has 0 radical (unpaired) electrons. The average Bonchev–Trinajstić information content (AvgIpc) is 3.51. The number of aromatic nitrogens is 4. The number of hydrogen-bond acceptors (Lipinski definition) is 13. The molecule has 0 unspecified atom stereocenters. The Hall–Kier alpha value is -4.49. The van der Waals surface area contributed by atoms with E-state index in [0.717, 1.165) is 7.11 Å². The molecular weight excluding hydrogens is 525 g/mol. The van der Waals surface area contributed by atoms with Crippen molar-refractivity contribution in [2.45, 2.75) is 63.6 Å². The van der Waals surface area contributed by atoms with Gasteiger partial charge in [0.15, 0.2) is 28.3 Å². The van der Waals surface area contributed by atoms with Crippen LogP contribution in [-0.4, -0.2) is 61.3 Å². The summed E-state index contributed by atoms with van der Waals surface area (Å²) in [5.41, 5.74) is -2.44. The van der Waals surface area contributed by atoms with Crippen LogP contribution >= 0.6 is 0 Å². The highest BCUT2D eigenvalue weighted by atomic mass is 19.1. The van der Waals surface area contributed by atoms with Gasteiger partial charge in [-0.15, -0.1) is 6.42 Å². The van der Waals surface area contributed by atoms with Crippen LogP contribution in [0.5, 0.6) is 5.95 Å². The van der Waals surface area contributed by atoms with Crippen LogP contribution < -0.4 is 15.9 Å². The number of amides is 1. The molecule has 1 aliphatic heterocycles. The lowest BCUT2D eigenvalue weighted by Gasteiger charge is -2.26. The maximum Gasteiger partial charge on any atom is 0.521 e. The smallest absolute Gasteiger partial charge is 0.444 e. The van der Waals surface area contributed by atoms with Crippen molar-refractivity contribution < 1.29 is 46.9 Å². The SMILES string of the molecule is C#C[C@@]1(CCc2oc(=O)oc2OC(=O)OC)O[C@@H](n2cnc3c(NC(=O)OC(C)(C)C)nc(F)nc32)C[C@@H]1O. The summed E-state index contributed by atoms with van der Waals surface area (Å²) >= 11 is 0. The van der Waals surface area contributed by atoms with Crippen molar-refractivity contribution in [2.24, 2.45) is 0 Å². The highest BCUT2D eigenvalue weighted by molar-refractivity contribution is 5.93. The lowest BCUT2D eigenvalue weighted by Crippen LogP contribution is -2.38. The van der Waals surface area contributed by atoms with E-state index >= 15 is 0 Å². The van der Waals surface area contributed by atoms with Crippen molar-refractivity contribution in [3.8, 4) is 18.3 Å². The summed E-state index contributed by atoms with van der Waals surface area (Å²) in [6.07, 6.45) is 1.29. The third-order valence-electron chi connectivity index (χ3n) is 5.55. The minimum Gasteiger partial charge on any atom is -0.444 e. The average molecular weight is 549 g/mol. The van der Waals surface area contributed by atoms with Crippen LogP contribution in [0, 0.1) is 18.4 Å². The van der Waals surface area contributed by atoms with Gasteiger partial charge in [-0.2, -0.15) is 14.4 Å². The predicted molar refractivity (Wildman–Crippen MR) is 126 cm³/mol. The van der Waals surface area contributed by atoms with Crippen LogP contribution in [0.4, 0.5) is 19.8 Å². The van der Waals surface area contributed by atoms with Crippen LogP contribution in [0.3, 0.4) is 0 Å². The Balaban J connectivity index is 1.57. The predicted octanol–water partition coefficient (Wildman–Crippen LogP) is 2.29. The number of ether oxygens (including phenoxy) is 4. The number of halogens is 1. The molecule has 3 aromatic heterocycles. The summed E-state index contributed by atoms with van der Waals surface area (Å²) in [6.45, 7) is 4.97. The van der Waals surface area contributed by atoms with Crippen molar-refractivity contribution in [1.82, 2.24) is 19.5 Å². The molecule has 39 heavy (non-hydrogen) atoms. The molecule has 3 atom stereocenters. The topological polar surface area (TPSA) is 190 Å². The number of aliphatic hydroxyl groups excluding tert-OH is 1. The molecule has 16 heteroatoms. The number of hydrogen-bond donors (Lipinski definition) is 2. The number of rotatable bonds is 6. The van der Waals surface area contributed by atoms with Crippen LogP contribution in [-0.2, 0) is 20.6 Å². The van der Waals surface area contributed by atoms with Gasteiger partial charge in [0.2, 0.25) is 0 Å². The fraction of sp³-hybridized carbons (Fsp3) is 0.478. The Morgan fingerprint density at radius 2 is 2.10 bits per heavy atom. The molecule has 1 fully saturated rings. The molecule has 0 bridgehead atoms. The van der Waals surface area contributed by atoms with Crippen LogP contribution in [0.25, 0.3) is 11.2 Å². The van der Waals surface area contributed by atoms with Gasteiger partial charge in [-0.05, 0) is 27.2 Å². The van der Waals surface area contributed by atoms with Gasteiger partial charge in [0.1, 0.15) is 11.8 Å². The van der Waals surface area contributed by atoms with E-state index in [0.29, 0.717) is 0 Å². The van der Waals surface area contributed by atoms with Crippen LogP contribution in [0.1, 0.15) is 45.6 Å². The molecule has 0 saturated carbocycles. The second kappa shape index (κ2) is 10.3. The molecule has 2 N–H and O–H groups in total. The maximum atomic E-state index is 14.3. The normalized spacial score (nSPS) is 20.9. The Kier molecular flexibility index (Phi) is 7.31. The molecule has 4 heterocycles. The number of carbonyl (C=O) groups is 2. The lowest BCUT2D eigenvalue weighted by molar-refractivity contribution is -0.0678. The quantitative estimate of drug-likeness (QED) is 0.259.